The minimum atomic E-state index is -4.93. The average Bonchev–Trinajstić information content (AvgIpc) is 2.66. The lowest BCUT2D eigenvalue weighted by molar-refractivity contribution is -0.141. The summed E-state index contributed by atoms with van der Waals surface area (Å²) < 4.78 is 78.2. The van der Waals surface area contributed by atoms with E-state index in [0.717, 1.165) is 18.3 Å². The first-order valence-corrected chi connectivity index (χ1v) is 8.22. The molecular weight excluding hydrogens is 416 g/mol. The lowest BCUT2D eigenvalue weighted by atomic mass is 9.86. The largest absolute Gasteiger partial charge is 0.433 e. The average molecular weight is 429 g/mol. The monoisotopic (exact) mass is 429 g/mol. The normalized spacial score (nSPS) is 15.0. The first-order valence-electron chi connectivity index (χ1n) is 8.22. The molecule has 0 spiro atoms. The number of nitriles is 2. The van der Waals surface area contributed by atoms with E-state index in [4.69, 9.17) is 5.26 Å². The number of benzene rings is 1. The Balaban J connectivity index is 2.49. The van der Waals surface area contributed by atoms with Crippen LogP contribution in [0.15, 0.2) is 30.5 Å². The van der Waals surface area contributed by atoms with Gasteiger partial charge in [0.15, 0.2) is 0 Å². The summed E-state index contributed by atoms with van der Waals surface area (Å²) in [6.07, 6.45) is -13.0. The fourth-order valence-electron chi connectivity index (χ4n) is 2.87. The Morgan fingerprint density at radius 3 is 2.03 bits per heavy atom. The molecule has 2 N–H and O–H groups in total. The third kappa shape index (κ3) is 4.70. The molecule has 0 amide bonds. The highest BCUT2D eigenvalue weighted by molar-refractivity contribution is 5.48. The predicted octanol–water partition coefficient (Wildman–Crippen LogP) is 4.21. The van der Waals surface area contributed by atoms with Crippen molar-refractivity contribution >= 4 is 0 Å². The number of rotatable bonds is 4. The number of hydrogen-bond donors (Lipinski definition) is 2. The van der Waals surface area contributed by atoms with Gasteiger partial charge in [0, 0.05) is 6.20 Å². The molecule has 2 rings (SSSR count). The van der Waals surface area contributed by atoms with Crippen molar-refractivity contribution in [2.75, 3.05) is 0 Å². The van der Waals surface area contributed by atoms with Gasteiger partial charge in [-0.25, -0.2) is 0 Å². The highest BCUT2D eigenvalue weighted by atomic mass is 19.4. The van der Waals surface area contributed by atoms with Gasteiger partial charge in [-0.3, -0.25) is 4.98 Å². The van der Waals surface area contributed by atoms with Crippen LogP contribution in [-0.4, -0.2) is 15.2 Å². The summed E-state index contributed by atoms with van der Waals surface area (Å²) in [6, 6.07) is 5.92. The molecule has 0 aliphatic rings. The summed E-state index contributed by atoms with van der Waals surface area (Å²) in [5.41, 5.74) is -4.31. The van der Waals surface area contributed by atoms with Crippen molar-refractivity contribution < 1.29 is 36.6 Å². The van der Waals surface area contributed by atoms with E-state index in [2.05, 4.69) is 4.98 Å². The van der Waals surface area contributed by atoms with Gasteiger partial charge in [0.05, 0.1) is 29.4 Å². The highest BCUT2D eigenvalue weighted by Crippen LogP contribution is 2.39. The quantitative estimate of drug-likeness (QED) is 0.710. The highest BCUT2D eigenvalue weighted by Gasteiger charge is 2.38. The number of hydrogen-bond acceptors (Lipinski definition) is 5. The number of halogens is 6. The Morgan fingerprint density at radius 2 is 1.53 bits per heavy atom. The Morgan fingerprint density at radius 1 is 0.933 bits per heavy atom. The SMILES string of the molecule is Cc1cc(C(O)C(C#N)C(O)c2ccnc(C(F)(F)F)c2)cc(C(F)(F)F)c1C#N. The van der Waals surface area contributed by atoms with Gasteiger partial charge >= 0.3 is 12.4 Å². The van der Waals surface area contributed by atoms with Gasteiger partial charge in [-0.1, -0.05) is 6.07 Å². The second kappa shape index (κ2) is 8.30. The molecule has 0 aliphatic carbocycles. The van der Waals surface area contributed by atoms with Gasteiger partial charge in [-0.2, -0.15) is 36.9 Å². The third-order valence-corrected chi connectivity index (χ3v) is 4.36. The topological polar surface area (TPSA) is 101 Å². The van der Waals surface area contributed by atoms with Crippen molar-refractivity contribution in [1.29, 1.82) is 10.5 Å². The summed E-state index contributed by atoms with van der Waals surface area (Å²) in [5.74, 6) is -1.80. The molecule has 1 aromatic carbocycles. The fraction of sp³-hybridized carbons (Fsp3) is 0.316. The minimum absolute atomic E-state index is 0.129. The second-order valence-corrected chi connectivity index (χ2v) is 6.39. The van der Waals surface area contributed by atoms with Crippen LogP contribution in [0.5, 0.6) is 0 Å². The molecule has 30 heavy (non-hydrogen) atoms. The number of alkyl halides is 6. The van der Waals surface area contributed by atoms with Gasteiger partial charge in [0.1, 0.15) is 17.7 Å². The lowest BCUT2D eigenvalue weighted by Crippen LogP contribution is -2.21. The fourth-order valence-corrected chi connectivity index (χ4v) is 2.87. The lowest BCUT2D eigenvalue weighted by Gasteiger charge is -2.24. The maximum atomic E-state index is 13.3. The summed E-state index contributed by atoms with van der Waals surface area (Å²) in [7, 11) is 0. The first kappa shape index (κ1) is 23.1. The van der Waals surface area contributed by atoms with E-state index in [0.29, 0.717) is 12.1 Å². The van der Waals surface area contributed by atoms with Crippen LogP contribution >= 0.6 is 0 Å². The van der Waals surface area contributed by atoms with Crippen molar-refractivity contribution in [1.82, 2.24) is 4.98 Å². The van der Waals surface area contributed by atoms with Crippen LogP contribution in [0.25, 0.3) is 0 Å². The van der Waals surface area contributed by atoms with Gasteiger partial charge in [-0.15, -0.1) is 0 Å². The molecule has 1 aromatic heterocycles. The van der Waals surface area contributed by atoms with E-state index < -0.39 is 58.4 Å². The van der Waals surface area contributed by atoms with E-state index >= 15 is 0 Å². The van der Waals surface area contributed by atoms with E-state index in [1.165, 1.54) is 19.1 Å². The number of aryl methyl sites for hydroxylation is 1. The predicted molar refractivity (Wildman–Crippen MR) is 89.2 cm³/mol. The van der Waals surface area contributed by atoms with Crippen LogP contribution in [0, 0.1) is 35.5 Å². The molecule has 11 heteroatoms. The van der Waals surface area contributed by atoms with Crippen LogP contribution in [0.3, 0.4) is 0 Å². The van der Waals surface area contributed by atoms with Gasteiger partial charge in [0.2, 0.25) is 0 Å². The minimum Gasteiger partial charge on any atom is -0.387 e. The van der Waals surface area contributed by atoms with Crippen molar-refractivity contribution in [2.45, 2.75) is 31.5 Å². The number of aromatic nitrogens is 1. The molecular formula is C19H13F6N3O2. The molecule has 158 valence electrons. The van der Waals surface area contributed by atoms with Gasteiger partial charge in [0.25, 0.3) is 0 Å². The number of nitrogens with zero attached hydrogens (tertiary/aromatic N) is 3. The van der Waals surface area contributed by atoms with Crippen molar-refractivity contribution in [3.8, 4) is 12.1 Å². The van der Waals surface area contributed by atoms with Gasteiger partial charge < -0.3 is 10.2 Å². The van der Waals surface area contributed by atoms with Crippen LogP contribution in [-0.2, 0) is 12.4 Å². The molecule has 5 nitrogen and oxygen atoms in total. The van der Waals surface area contributed by atoms with E-state index in [-0.39, 0.29) is 5.56 Å². The van der Waals surface area contributed by atoms with Crippen LogP contribution in [0.1, 0.15) is 45.7 Å². The molecule has 3 unspecified atom stereocenters. The summed E-state index contributed by atoms with van der Waals surface area (Å²) in [4.78, 5) is 3.11. The van der Waals surface area contributed by atoms with Gasteiger partial charge in [-0.05, 0) is 41.8 Å². The summed E-state index contributed by atoms with van der Waals surface area (Å²) in [6.45, 7) is 1.19. The first-order chi connectivity index (χ1) is 13.8. The molecule has 0 aliphatic heterocycles. The molecule has 0 radical (unpaired) electrons. The summed E-state index contributed by atoms with van der Waals surface area (Å²) >= 11 is 0. The van der Waals surface area contributed by atoms with Crippen LogP contribution < -0.4 is 0 Å². The van der Waals surface area contributed by atoms with Crippen LogP contribution in [0.2, 0.25) is 0 Å². The Kier molecular flexibility index (Phi) is 6.40. The zero-order valence-electron chi connectivity index (χ0n) is 15.1. The Labute approximate surface area is 166 Å². The van der Waals surface area contributed by atoms with E-state index in [1.54, 1.807) is 0 Å². The molecule has 3 atom stereocenters. The smallest absolute Gasteiger partial charge is 0.387 e. The van der Waals surface area contributed by atoms with Crippen molar-refractivity contribution in [3.05, 3.63) is 64.0 Å². The maximum absolute atomic E-state index is 13.3. The molecule has 0 bridgehead atoms. The van der Waals surface area contributed by atoms with Crippen molar-refractivity contribution in [3.63, 3.8) is 0 Å². The van der Waals surface area contributed by atoms with E-state index in [1.807, 2.05) is 0 Å². The molecule has 1 heterocycles. The number of aliphatic hydroxyl groups is 2. The Bertz CT molecular complexity index is 1020. The zero-order chi connectivity index (χ0) is 22.9. The number of pyridine rings is 1. The second-order valence-electron chi connectivity index (χ2n) is 6.39. The molecule has 2 aromatic rings. The number of aliphatic hydroxyl groups excluding tert-OH is 2. The standard InChI is InChI=1S/C19H13F6N3O2/c1-9-4-11(5-14(12(9)7-26)18(20,21)22)17(30)13(8-27)16(29)10-2-3-28-15(6-10)19(23,24)25/h2-6,13,16-17,29-30H,1H3. The zero-order valence-corrected chi connectivity index (χ0v) is 15.1. The molecule has 0 saturated carbocycles. The molecule has 0 saturated heterocycles. The Hall–Kier alpha value is -3.15. The van der Waals surface area contributed by atoms with E-state index in [9.17, 15) is 41.8 Å². The maximum Gasteiger partial charge on any atom is 0.433 e. The molecule has 0 fully saturated rings. The summed E-state index contributed by atoms with van der Waals surface area (Å²) in [5, 5.41) is 39.1. The van der Waals surface area contributed by atoms with Crippen LogP contribution in [0.4, 0.5) is 26.3 Å². The third-order valence-electron chi connectivity index (χ3n) is 4.36. The van der Waals surface area contributed by atoms with Crippen molar-refractivity contribution in [2.24, 2.45) is 5.92 Å².